The van der Waals surface area contributed by atoms with Gasteiger partial charge in [-0.15, -0.1) is 0 Å². The van der Waals surface area contributed by atoms with Gasteiger partial charge < -0.3 is 23.3 Å². The molecule has 0 N–H and O–H groups in total. The van der Waals surface area contributed by atoms with Gasteiger partial charge in [0.1, 0.15) is 0 Å². The molecule has 0 spiro atoms. The molecule has 0 saturated heterocycles. The summed E-state index contributed by atoms with van der Waals surface area (Å²) in [6.45, 7) is 63.3. The van der Waals surface area contributed by atoms with Crippen molar-refractivity contribution >= 4 is 116 Å². The molecule has 2 radical (unpaired) electrons. The van der Waals surface area contributed by atoms with Crippen molar-refractivity contribution in [3.05, 3.63) is 57.6 Å². The Morgan fingerprint density at radius 1 is 0.377 bits per heavy atom. The Labute approximate surface area is 362 Å². The average molecular weight is 957 g/mol. The summed E-state index contributed by atoms with van der Waals surface area (Å²) in [6, 6.07) is 11.2. The van der Waals surface area contributed by atoms with Gasteiger partial charge in [0.25, 0.3) is 0 Å². The van der Waals surface area contributed by atoms with Gasteiger partial charge in [-0.1, -0.05) is 0 Å². The Morgan fingerprint density at radius 2 is 0.623 bits per heavy atom. The van der Waals surface area contributed by atoms with Crippen LogP contribution in [-0.2, 0) is 23.3 Å². The minimum absolute atomic E-state index is 0.541. The van der Waals surface area contributed by atoms with E-state index in [0.29, 0.717) is 17.8 Å². The fourth-order valence-electron chi connectivity index (χ4n) is 10.5. The van der Waals surface area contributed by atoms with E-state index in [0.717, 1.165) is 15.5 Å². The molecule has 2 aromatic carbocycles. The zero-order chi connectivity index (χ0) is 42.0. The Morgan fingerprint density at radius 3 is 0.830 bits per heavy atom. The molecule has 2 aromatic rings. The van der Waals surface area contributed by atoms with Crippen LogP contribution in [0.3, 0.4) is 0 Å². The SMILES string of the molecule is CC(C)c1cc(C(C)C)[c]([Ge][c]2c(C([Si](C)(C)C)[Si](C)(C)C)cc(C([Si](C)(C)C)[Si](C)(C)C)cc2C([Si](C)(C)C)[Si](C)(C)C)c(C(C)C)c1.[S-]SS[S-]. The molecule has 0 bridgehead atoms. The minimum atomic E-state index is -1.58. The van der Waals surface area contributed by atoms with Crippen molar-refractivity contribution < 1.29 is 0 Å². The largest absolute Gasteiger partial charge is 0.709 e. The van der Waals surface area contributed by atoms with Crippen molar-refractivity contribution in [1.82, 2.24) is 0 Å². The average Bonchev–Trinajstić information content (AvgIpc) is 2.89. The molecule has 304 valence electrons. The standard InChI is InChI=1S/C42H82GeSi6.H2S4/c1-29(2)32-25-34(30(3)4)38(35(26-32)31(5)6)43-39-36(41(46(13,14)15)47(16,17)18)27-33(40(44(7,8)9)45(10,11)12)28-37(39)42(48(19,20)21)49(22,23)24;1-3-4-2/h25-31,40-42H,1-24H3;1-2H/p-2. The third-order valence-corrected chi connectivity index (χ3v) is 44.4. The first-order valence-electron chi connectivity index (χ1n) is 20.2. The van der Waals surface area contributed by atoms with E-state index in [9.17, 15) is 0 Å². The van der Waals surface area contributed by atoms with Crippen LogP contribution < -0.4 is 8.79 Å². The molecule has 0 aliphatic carbocycles. The van der Waals surface area contributed by atoms with Gasteiger partial charge >= 0.3 is 323 Å². The smallest absolute Gasteiger partial charge is 0.291 e. The molecule has 53 heavy (non-hydrogen) atoms. The molecule has 0 aromatic heterocycles. The van der Waals surface area contributed by atoms with E-state index in [2.05, 4.69) is 207 Å². The first kappa shape index (κ1) is 52.7. The first-order chi connectivity index (χ1) is 23.5. The predicted molar refractivity (Wildman–Crippen MR) is 278 cm³/mol. The Kier molecular flexibility index (Phi) is 19.7. The van der Waals surface area contributed by atoms with Crippen molar-refractivity contribution in [3.8, 4) is 0 Å². The molecule has 0 unspecified atom stereocenters. The molecule has 11 heteroatoms. The molecule has 0 fully saturated rings. The van der Waals surface area contributed by atoms with Crippen molar-refractivity contribution in [2.75, 3.05) is 0 Å². The molecule has 0 aliphatic rings. The second-order valence-corrected chi connectivity index (χ2v) is 63.1. The summed E-state index contributed by atoms with van der Waals surface area (Å²) >= 11 is 8.06. The third kappa shape index (κ3) is 14.7. The van der Waals surface area contributed by atoms with E-state index in [1.54, 1.807) is 21.1 Å². The van der Waals surface area contributed by atoms with E-state index in [1.807, 2.05) is 15.5 Å². The Hall–Kier alpha value is 1.68. The summed E-state index contributed by atoms with van der Waals surface area (Å²) in [5.74, 6) is 1.64. The van der Waals surface area contributed by atoms with Gasteiger partial charge in [-0.05, 0) is 0 Å². The van der Waals surface area contributed by atoms with Gasteiger partial charge in [0.15, 0.2) is 0 Å². The number of hydrogen-bond donors (Lipinski definition) is 0. The van der Waals surface area contributed by atoms with E-state index >= 15 is 0 Å². The molecular formula is C42H82GeS4Si6-2. The molecular weight excluding hydrogens is 874 g/mol. The zero-order valence-corrected chi connectivity index (χ0v) is 50.3. The van der Waals surface area contributed by atoms with E-state index in [-0.39, 0.29) is 0 Å². The summed E-state index contributed by atoms with van der Waals surface area (Å²) < 4.78 is 3.69. The van der Waals surface area contributed by atoms with Gasteiger partial charge in [-0.2, -0.15) is 0 Å². The zero-order valence-electron chi connectivity index (χ0n) is 38.9. The molecule has 0 saturated carbocycles. The van der Waals surface area contributed by atoms with Gasteiger partial charge in [0, 0.05) is 0 Å². The van der Waals surface area contributed by atoms with Crippen LogP contribution in [0.15, 0.2) is 24.3 Å². The first-order valence-corrected chi connectivity index (χ1v) is 47.8. The van der Waals surface area contributed by atoms with E-state index in [4.69, 9.17) is 0 Å². The van der Waals surface area contributed by atoms with Gasteiger partial charge in [0.2, 0.25) is 0 Å². The maximum atomic E-state index is 4.33. The van der Waals surface area contributed by atoms with Crippen LogP contribution in [0, 0.1) is 0 Å². The number of hydrogen-bond acceptors (Lipinski definition) is 4. The van der Waals surface area contributed by atoms with Crippen molar-refractivity contribution in [2.24, 2.45) is 0 Å². The van der Waals surface area contributed by atoms with Crippen LogP contribution in [0.2, 0.25) is 118 Å². The Balaban J connectivity index is 0.00000333. The maximum absolute atomic E-state index is 4.33. The topological polar surface area (TPSA) is 0 Å². The van der Waals surface area contributed by atoms with Crippen molar-refractivity contribution in [1.29, 1.82) is 0 Å². The normalized spacial score (nSPS) is 14.0. The van der Waals surface area contributed by atoms with Crippen molar-refractivity contribution in [2.45, 2.75) is 193 Å². The second kappa shape index (κ2) is 19.8. The summed E-state index contributed by atoms with van der Waals surface area (Å²) in [5.41, 5.74) is 10.4. The van der Waals surface area contributed by atoms with Crippen LogP contribution in [0.25, 0.3) is 0 Å². The number of rotatable bonds is 15. The van der Waals surface area contributed by atoms with Crippen LogP contribution >= 0.6 is 19.7 Å². The Bertz CT molecular complexity index is 1360. The fourth-order valence-corrected chi connectivity index (χ4v) is 54.0. The molecule has 0 aliphatic heterocycles. The second-order valence-electron chi connectivity index (χ2n) is 23.4. The third-order valence-electron chi connectivity index (χ3n) is 10.8. The molecule has 0 heterocycles. The summed E-state index contributed by atoms with van der Waals surface area (Å²) in [5, 5.41) is 2.28. The monoisotopic (exact) mass is 956 g/mol. The fraction of sp³-hybridized carbons (Fsp3) is 0.714. The molecule has 2 rings (SSSR count). The molecule has 0 amide bonds. The minimum Gasteiger partial charge on any atom is -0.709 e. The van der Waals surface area contributed by atoms with Crippen LogP contribution in [0.1, 0.15) is 108 Å². The van der Waals surface area contributed by atoms with Crippen LogP contribution in [-0.4, -0.2) is 63.9 Å². The van der Waals surface area contributed by atoms with Crippen LogP contribution in [0.5, 0.6) is 0 Å². The number of benzene rings is 2. The quantitative estimate of drug-likeness (QED) is 0.0991. The van der Waals surface area contributed by atoms with Gasteiger partial charge in [0.05, 0.1) is 0 Å². The summed E-state index contributed by atoms with van der Waals surface area (Å²) in [6.07, 6.45) is 0. The van der Waals surface area contributed by atoms with Gasteiger partial charge in [-0.25, -0.2) is 0 Å². The molecule has 0 atom stereocenters. The van der Waals surface area contributed by atoms with E-state index < -0.39 is 63.9 Å². The maximum Gasteiger partial charge on any atom is -0.291 e. The van der Waals surface area contributed by atoms with Gasteiger partial charge in [-0.3, -0.25) is 19.7 Å². The van der Waals surface area contributed by atoms with Crippen molar-refractivity contribution in [3.63, 3.8) is 0 Å². The molecule has 0 nitrogen and oxygen atoms in total. The summed E-state index contributed by atoms with van der Waals surface area (Å²) in [4.78, 5) is 0. The summed E-state index contributed by atoms with van der Waals surface area (Å²) in [7, 11) is -6.97. The van der Waals surface area contributed by atoms with Crippen LogP contribution in [0.4, 0.5) is 0 Å². The predicted octanol–water partition coefficient (Wildman–Crippen LogP) is 14.5. The van der Waals surface area contributed by atoms with E-state index in [1.165, 1.54) is 25.2 Å².